The van der Waals surface area contributed by atoms with Crippen molar-refractivity contribution >= 4 is 23.0 Å². The SMILES string of the molecule is CC1=NC(C)C(=O)C=C1.CC1=NC(C)C(=O)C=C1. The molecule has 4 heteroatoms. The molecule has 0 aromatic rings. The van der Waals surface area contributed by atoms with Gasteiger partial charge in [0.1, 0.15) is 12.1 Å². The summed E-state index contributed by atoms with van der Waals surface area (Å²) in [5.74, 6) is 0.196. The van der Waals surface area contributed by atoms with Crippen molar-refractivity contribution in [2.24, 2.45) is 9.98 Å². The third-order valence-corrected chi connectivity index (χ3v) is 2.60. The second-order valence-electron chi connectivity index (χ2n) is 4.36. The lowest BCUT2D eigenvalue weighted by Crippen LogP contribution is -2.16. The van der Waals surface area contributed by atoms with E-state index in [-0.39, 0.29) is 23.7 Å². The lowest BCUT2D eigenvalue weighted by molar-refractivity contribution is -0.116. The summed E-state index contributed by atoms with van der Waals surface area (Å²) in [6, 6.07) is -0.315. The van der Waals surface area contributed by atoms with Crippen molar-refractivity contribution in [2.45, 2.75) is 39.8 Å². The number of hydrogen-bond acceptors (Lipinski definition) is 4. The van der Waals surface area contributed by atoms with E-state index in [1.165, 1.54) is 0 Å². The first kappa shape index (κ1) is 14.2. The summed E-state index contributed by atoms with van der Waals surface area (Å²) in [6.07, 6.45) is 6.63. The van der Waals surface area contributed by atoms with Crippen LogP contribution in [-0.2, 0) is 9.59 Å². The predicted octanol–water partition coefficient (Wildman–Crippen LogP) is 1.95. The van der Waals surface area contributed by atoms with Crippen LogP contribution in [0.15, 0.2) is 34.3 Å². The van der Waals surface area contributed by atoms with Crippen molar-refractivity contribution < 1.29 is 9.59 Å². The number of aliphatic imine (C=N–C) groups is 2. The smallest absolute Gasteiger partial charge is 0.179 e. The van der Waals surface area contributed by atoms with E-state index in [0.717, 1.165) is 11.4 Å². The topological polar surface area (TPSA) is 58.9 Å². The predicted molar refractivity (Wildman–Crippen MR) is 73.4 cm³/mol. The fourth-order valence-corrected chi connectivity index (χ4v) is 1.51. The van der Waals surface area contributed by atoms with E-state index in [2.05, 4.69) is 9.98 Å². The van der Waals surface area contributed by atoms with Crippen molar-refractivity contribution in [3.63, 3.8) is 0 Å². The first-order chi connectivity index (χ1) is 8.40. The summed E-state index contributed by atoms with van der Waals surface area (Å²) in [7, 11) is 0. The van der Waals surface area contributed by atoms with Crippen molar-refractivity contribution in [3.05, 3.63) is 24.3 Å². The van der Waals surface area contributed by atoms with E-state index in [0.29, 0.717) is 0 Å². The van der Waals surface area contributed by atoms with E-state index >= 15 is 0 Å². The van der Waals surface area contributed by atoms with Crippen LogP contribution in [0, 0.1) is 0 Å². The van der Waals surface area contributed by atoms with Gasteiger partial charge in [-0.05, 0) is 52.0 Å². The molecule has 0 fully saturated rings. The molecule has 2 rings (SSSR count). The van der Waals surface area contributed by atoms with E-state index < -0.39 is 0 Å². The largest absolute Gasteiger partial charge is 0.292 e. The van der Waals surface area contributed by atoms with Crippen molar-refractivity contribution in [3.8, 4) is 0 Å². The normalized spacial score (nSPS) is 26.2. The molecule has 0 saturated heterocycles. The van der Waals surface area contributed by atoms with Gasteiger partial charge < -0.3 is 0 Å². The van der Waals surface area contributed by atoms with Crippen LogP contribution in [0.5, 0.6) is 0 Å². The summed E-state index contributed by atoms with van der Waals surface area (Å²) in [4.78, 5) is 29.6. The van der Waals surface area contributed by atoms with Crippen molar-refractivity contribution in [1.29, 1.82) is 0 Å². The van der Waals surface area contributed by atoms with E-state index in [9.17, 15) is 9.59 Å². The average Bonchev–Trinajstić information content (AvgIpc) is 2.30. The molecule has 2 aliphatic rings. The Morgan fingerprint density at radius 2 is 1.11 bits per heavy atom. The van der Waals surface area contributed by atoms with Crippen molar-refractivity contribution in [1.82, 2.24) is 0 Å². The molecule has 2 unspecified atom stereocenters. The minimum absolute atomic E-state index is 0.0978. The zero-order valence-corrected chi connectivity index (χ0v) is 11.2. The Morgan fingerprint density at radius 3 is 1.33 bits per heavy atom. The van der Waals surface area contributed by atoms with Gasteiger partial charge in [-0.25, -0.2) is 0 Å². The van der Waals surface area contributed by atoms with E-state index in [1.54, 1.807) is 38.2 Å². The van der Waals surface area contributed by atoms with Crippen LogP contribution >= 0.6 is 0 Å². The molecule has 4 nitrogen and oxygen atoms in total. The maximum atomic E-state index is 10.7. The molecule has 0 bridgehead atoms. The molecular formula is C14H18N2O2. The van der Waals surface area contributed by atoms with E-state index in [4.69, 9.17) is 0 Å². The van der Waals surface area contributed by atoms with Gasteiger partial charge in [0.05, 0.1) is 0 Å². The standard InChI is InChI=1S/2C7H9NO/c2*1-5-3-4-7(9)6(2)8-5/h2*3-4,6H,1-2H3. The quantitative estimate of drug-likeness (QED) is 0.656. The molecule has 2 heterocycles. The molecule has 2 aliphatic heterocycles. The number of allylic oxidation sites excluding steroid dienone is 2. The fourth-order valence-electron chi connectivity index (χ4n) is 1.51. The highest BCUT2D eigenvalue weighted by Gasteiger charge is 2.11. The Bertz CT molecular complexity index is 426. The van der Waals surface area contributed by atoms with Gasteiger partial charge >= 0.3 is 0 Å². The van der Waals surface area contributed by atoms with Gasteiger partial charge in [0.15, 0.2) is 11.6 Å². The molecule has 0 aliphatic carbocycles. The van der Waals surface area contributed by atoms with Crippen LogP contribution in [0.1, 0.15) is 27.7 Å². The van der Waals surface area contributed by atoms with Gasteiger partial charge in [0.2, 0.25) is 0 Å². The Labute approximate surface area is 107 Å². The molecule has 0 spiro atoms. The number of hydrogen-bond donors (Lipinski definition) is 0. The van der Waals surface area contributed by atoms with Crippen LogP contribution in [0.4, 0.5) is 0 Å². The molecule has 0 aromatic carbocycles. The minimum Gasteiger partial charge on any atom is -0.292 e. The van der Waals surface area contributed by atoms with Gasteiger partial charge in [-0.3, -0.25) is 19.6 Å². The summed E-state index contributed by atoms with van der Waals surface area (Å²) < 4.78 is 0. The number of carbonyl (C=O) groups is 2. The molecular weight excluding hydrogens is 228 g/mol. The average molecular weight is 246 g/mol. The number of carbonyl (C=O) groups excluding carboxylic acids is 2. The number of dihydropyridines is 2. The van der Waals surface area contributed by atoms with Crippen LogP contribution < -0.4 is 0 Å². The Morgan fingerprint density at radius 1 is 0.778 bits per heavy atom. The van der Waals surface area contributed by atoms with Crippen LogP contribution in [0.2, 0.25) is 0 Å². The molecule has 0 saturated carbocycles. The molecule has 2 atom stereocenters. The Kier molecular flexibility index (Phi) is 4.89. The molecule has 0 radical (unpaired) electrons. The maximum absolute atomic E-state index is 10.7. The molecule has 0 N–H and O–H groups in total. The summed E-state index contributed by atoms with van der Waals surface area (Å²) in [6.45, 7) is 7.38. The molecule has 0 amide bonds. The highest BCUT2D eigenvalue weighted by atomic mass is 16.1. The summed E-state index contributed by atoms with van der Waals surface area (Å²) in [5.41, 5.74) is 1.87. The van der Waals surface area contributed by atoms with Gasteiger partial charge in [-0.2, -0.15) is 0 Å². The van der Waals surface area contributed by atoms with Crippen molar-refractivity contribution in [2.75, 3.05) is 0 Å². The minimum atomic E-state index is -0.157. The van der Waals surface area contributed by atoms with Crippen LogP contribution in [0.25, 0.3) is 0 Å². The first-order valence-electron chi connectivity index (χ1n) is 5.93. The first-order valence-corrected chi connectivity index (χ1v) is 5.93. The van der Waals surface area contributed by atoms with Crippen LogP contribution in [0.3, 0.4) is 0 Å². The Balaban J connectivity index is 0.000000180. The van der Waals surface area contributed by atoms with Gasteiger partial charge in [-0.15, -0.1) is 0 Å². The number of rotatable bonds is 0. The number of ketones is 2. The van der Waals surface area contributed by atoms with Crippen LogP contribution in [-0.4, -0.2) is 35.1 Å². The highest BCUT2D eigenvalue weighted by molar-refractivity contribution is 6.07. The summed E-state index contributed by atoms with van der Waals surface area (Å²) >= 11 is 0. The van der Waals surface area contributed by atoms with Gasteiger partial charge in [0.25, 0.3) is 0 Å². The van der Waals surface area contributed by atoms with E-state index in [1.807, 2.05) is 13.8 Å². The van der Waals surface area contributed by atoms with Gasteiger partial charge in [0, 0.05) is 11.4 Å². The zero-order chi connectivity index (χ0) is 13.7. The second-order valence-corrected chi connectivity index (χ2v) is 4.36. The Hall–Kier alpha value is -1.84. The molecule has 0 aromatic heterocycles. The highest BCUT2D eigenvalue weighted by Crippen LogP contribution is 2.01. The summed E-state index contributed by atoms with van der Waals surface area (Å²) in [5, 5.41) is 0. The lowest BCUT2D eigenvalue weighted by Gasteiger charge is -2.06. The second kappa shape index (κ2) is 6.19. The van der Waals surface area contributed by atoms with Gasteiger partial charge in [-0.1, -0.05) is 0 Å². The zero-order valence-electron chi connectivity index (χ0n) is 11.2. The maximum Gasteiger partial charge on any atom is 0.179 e. The molecule has 96 valence electrons. The third kappa shape index (κ3) is 4.20. The third-order valence-electron chi connectivity index (χ3n) is 2.60. The monoisotopic (exact) mass is 246 g/mol. The lowest BCUT2D eigenvalue weighted by atomic mass is 10.1. The molecule has 18 heavy (non-hydrogen) atoms. The fraction of sp³-hybridized carbons (Fsp3) is 0.429. The number of nitrogens with zero attached hydrogens (tertiary/aromatic N) is 2.